The normalized spacial score (nSPS) is 10.2. The fourth-order valence-corrected chi connectivity index (χ4v) is 2.27. The molecule has 5 heteroatoms. The van der Waals surface area contributed by atoms with Crippen molar-refractivity contribution in [2.24, 2.45) is 0 Å². The molecule has 2 aromatic rings. The quantitative estimate of drug-likeness (QED) is 0.923. The highest BCUT2D eigenvalue weighted by Gasteiger charge is 2.10. The molecular weight excluding hydrogens is 295 g/mol. The van der Waals surface area contributed by atoms with Gasteiger partial charge in [0, 0.05) is 28.5 Å². The molecule has 0 aromatic heterocycles. The van der Waals surface area contributed by atoms with Crippen molar-refractivity contribution in [3.05, 3.63) is 58.6 Å². The van der Waals surface area contributed by atoms with Gasteiger partial charge in [0.15, 0.2) is 0 Å². The monoisotopic (exact) mass is 308 g/mol. The predicted octanol–water partition coefficient (Wildman–Crippen LogP) is 4.07. The average molecular weight is 309 g/mol. The van der Waals surface area contributed by atoms with Crippen LogP contribution in [0.1, 0.15) is 0 Å². The molecule has 104 valence electrons. The van der Waals surface area contributed by atoms with Crippen LogP contribution in [-0.2, 0) is 4.79 Å². The molecule has 0 radical (unpaired) electrons. The van der Waals surface area contributed by atoms with Gasteiger partial charge >= 0.3 is 0 Å². The minimum absolute atomic E-state index is 0.0488. The van der Waals surface area contributed by atoms with E-state index in [9.17, 15) is 4.79 Å². The predicted molar refractivity (Wildman–Crippen MR) is 84.8 cm³/mol. The van der Waals surface area contributed by atoms with Crippen LogP contribution in [0, 0.1) is 0 Å². The molecule has 0 bridgehead atoms. The van der Waals surface area contributed by atoms with Gasteiger partial charge in [-0.15, -0.1) is 0 Å². The third-order valence-corrected chi connectivity index (χ3v) is 3.26. The first-order chi connectivity index (χ1) is 9.56. The molecule has 20 heavy (non-hydrogen) atoms. The SMILES string of the molecule is CN(C(=O)CNc1cc(Cl)cc(Cl)c1)c1ccccc1. The molecule has 2 aromatic carbocycles. The lowest BCUT2D eigenvalue weighted by Crippen LogP contribution is -2.32. The Morgan fingerprint density at radius 3 is 2.30 bits per heavy atom. The standard InChI is InChI=1S/C15H14Cl2N2O/c1-19(14-5-3-2-4-6-14)15(20)10-18-13-8-11(16)7-12(17)9-13/h2-9,18H,10H2,1H3. The third kappa shape index (κ3) is 3.89. The number of rotatable bonds is 4. The number of hydrogen-bond acceptors (Lipinski definition) is 2. The van der Waals surface area contributed by atoms with Gasteiger partial charge in [-0.1, -0.05) is 41.4 Å². The molecule has 0 aliphatic heterocycles. The fourth-order valence-electron chi connectivity index (χ4n) is 1.75. The van der Waals surface area contributed by atoms with E-state index in [1.807, 2.05) is 30.3 Å². The average Bonchev–Trinajstić information content (AvgIpc) is 2.44. The maximum atomic E-state index is 12.1. The molecule has 1 amide bonds. The zero-order chi connectivity index (χ0) is 14.5. The van der Waals surface area contributed by atoms with Crippen LogP contribution in [0.3, 0.4) is 0 Å². The van der Waals surface area contributed by atoms with Crippen molar-refractivity contribution >= 4 is 40.5 Å². The Labute approximate surface area is 128 Å². The van der Waals surface area contributed by atoms with E-state index in [0.717, 1.165) is 11.4 Å². The summed E-state index contributed by atoms with van der Waals surface area (Å²) < 4.78 is 0. The van der Waals surface area contributed by atoms with Gasteiger partial charge < -0.3 is 10.2 Å². The molecule has 0 atom stereocenters. The maximum absolute atomic E-state index is 12.1. The largest absolute Gasteiger partial charge is 0.376 e. The fraction of sp³-hybridized carbons (Fsp3) is 0.133. The molecule has 0 unspecified atom stereocenters. The molecule has 0 aliphatic rings. The second kappa shape index (κ2) is 6.64. The van der Waals surface area contributed by atoms with Crippen molar-refractivity contribution in [3.63, 3.8) is 0 Å². The number of amides is 1. The van der Waals surface area contributed by atoms with Gasteiger partial charge in [-0.2, -0.15) is 0 Å². The Hall–Kier alpha value is -1.71. The zero-order valence-corrected chi connectivity index (χ0v) is 12.4. The van der Waals surface area contributed by atoms with E-state index >= 15 is 0 Å². The van der Waals surface area contributed by atoms with Crippen molar-refractivity contribution in [2.75, 3.05) is 23.8 Å². The van der Waals surface area contributed by atoms with E-state index in [1.54, 1.807) is 30.1 Å². The zero-order valence-electron chi connectivity index (χ0n) is 10.9. The summed E-state index contributed by atoms with van der Waals surface area (Å²) >= 11 is 11.8. The minimum Gasteiger partial charge on any atom is -0.376 e. The molecular formula is C15H14Cl2N2O. The van der Waals surface area contributed by atoms with Crippen LogP contribution in [0.4, 0.5) is 11.4 Å². The first-order valence-electron chi connectivity index (χ1n) is 6.08. The molecule has 1 N–H and O–H groups in total. The summed E-state index contributed by atoms with van der Waals surface area (Å²) in [6.45, 7) is 0.169. The third-order valence-electron chi connectivity index (χ3n) is 2.82. The molecule has 2 rings (SSSR count). The highest BCUT2D eigenvalue weighted by atomic mass is 35.5. The Kier molecular flexibility index (Phi) is 4.88. The molecule has 0 heterocycles. The van der Waals surface area contributed by atoms with Crippen molar-refractivity contribution in [1.29, 1.82) is 0 Å². The van der Waals surface area contributed by atoms with Crippen LogP contribution in [0.5, 0.6) is 0 Å². The van der Waals surface area contributed by atoms with Crippen LogP contribution in [-0.4, -0.2) is 19.5 Å². The van der Waals surface area contributed by atoms with Crippen molar-refractivity contribution in [3.8, 4) is 0 Å². The Morgan fingerprint density at radius 2 is 1.70 bits per heavy atom. The van der Waals surface area contributed by atoms with Crippen molar-refractivity contribution < 1.29 is 4.79 Å². The number of benzene rings is 2. The molecule has 3 nitrogen and oxygen atoms in total. The number of para-hydroxylation sites is 1. The van der Waals surface area contributed by atoms with E-state index in [4.69, 9.17) is 23.2 Å². The van der Waals surface area contributed by atoms with Gasteiger partial charge in [-0.25, -0.2) is 0 Å². The van der Waals surface area contributed by atoms with Crippen molar-refractivity contribution in [2.45, 2.75) is 0 Å². The molecule has 0 spiro atoms. The topological polar surface area (TPSA) is 32.3 Å². The van der Waals surface area contributed by atoms with Gasteiger partial charge in [-0.3, -0.25) is 4.79 Å². The number of nitrogens with one attached hydrogen (secondary N) is 1. The summed E-state index contributed by atoms with van der Waals surface area (Å²) in [5, 5.41) is 4.08. The maximum Gasteiger partial charge on any atom is 0.246 e. The highest BCUT2D eigenvalue weighted by Crippen LogP contribution is 2.22. The van der Waals surface area contributed by atoms with Crippen molar-refractivity contribution in [1.82, 2.24) is 0 Å². The highest BCUT2D eigenvalue weighted by molar-refractivity contribution is 6.35. The Balaban J connectivity index is 1.98. The second-order valence-electron chi connectivity index (χ2n) is 4.30. The molecule has 0 aliphatic carbocycles. The number of likely N-dealkylation sites (N-methyl/N-ethyl adjacent to an activating group) is 1. The summed E-state index contributed by atoms with van der Waals surface area (Å²) in [5.41, 5.74) is 1.57. The summed E-state index contributed by atoms with van der Waals surface area (Å²) in [4.78, 5) is 13.7. The summed E-state index contributed by atoms with van der Waals surface area (Å²) in [6.07, 6.45) is 0. The van der Waals surface area contributed by atoms with Gasteiger partial charge in [0.05, 0.1) is 6.54 Å². The van der Waals surface area contributed by atoms with Crippen LogP contribution in [0.2, 0.25) is 10.0 Å². The second-order valence-corrected chi connectivity index (χ2v) is 5.17. The van der Waals surface area contributed by atoms with Gasteiger partial charge in [0.25, 0.3) is 0 Å². The van der Waals surface area contributed by atoms with Gasteiger partial charge in [-0.05, 0) is 30.3 Å². The number of carbonyl (C=O) groups is 1. The lowest BCUT2D eigenvalue weighted by molar-refractivity contribution is -0.116. The number of nitrogens with zero attached hydrogens (tertiary/aromatic N) is 1. The van der Waals surface area contributed by atoms with Gasteiger partial charge in [0.2, 0.25) is 5.91 Å². The van der Waals surface area contributed by atoms with Crippen LogP contribution in [0.25, 0.3) is 0 Å². The van der Waals surface area contributed by atoms with E-state index < -0.39 is 0 Å². The summed E-state index contributed by atoms with van der Waals surface area (Å²) in [7, 11) is 1.74. The first kappa shape index (κ1) is 14.7. The number of carbonyl (C=O) groups excluding carboxylic acids is 1. The molecule has 0 fully saturated rings. The van der Waals surface area contributed by atoms with E-state index in [1.165, 1.54) is 0 Å². The van der Waals surface area contributed by atoms with E-state index in [0.29, 0.717) is 10.0 Å². The summed E-state index contributed by atoms with van der Waals surface area (Å²) in [5.74, 6) is -0.0488. The Morgan fingerprint density at radius 1 is 1.10 bits per heavy atom. The molecule has 0 saturated carbocycles. The lowest BCUT2D eigenvalue weighted by Gasteiger charge is -2.18. The van der Waals surface area contributed by atoms with Crippen LogP contribution in [0.15, 0.2) is 48.5 Å². The number of hydrogen-bond donors (Lipinski definition) is 1. The van der Waals surface area contributed by atoms with Crippen LogP contribution < -0.4 is 10.2 Å². The first-order valence-corrected chi connectivity index (χ1v) is 6.83. The number of halogens is 2. The molecule has 0 saturated heterocycles. The lowest BCUT2D eigenvalue weighted by atomic mass is 10.3. The van der Waals surface area contributed by atoms with Gasteiger partial charge in [0.1, 0.15) is 0 Å². The minimum atomic E-state index is -0.0488. The number of anilines is 2. The van der Waals surface area contributed by atoms with E-state index in [2.05, 4.69) is 5.32 Å². The Bertz CT molecular complexity index is 582. The summed E-state index contributed by atoms with van der Waals surface area (Å²) in [6, 6.07) is 14.6. The van der Waals surface area contributed by atoms with Crippen LogP contribution >= 0.6 is 23.2 Å². The smallest absolute Gasteiger partial charge is 0.246 e. The van der Waals surface area contributed by atoms with E-state index in [-0.39, 0.29) is 12.5 Å².